The average molecular weight is 362 g/mol. The van der Waals surface area contributed by atoms with Crippen molar-refractivity contribution in [3.63, 3.8) is 0 Å². The molecule has 27 heavy (non-hydrogen) atoms. The maximum Gasteiger partial charge on any atom is 0.180 e. The molecule has 0 radical (unpaired) electrons. The number of H-pyrrole nitrogens is 1. The minimum absolute atomic E-state index is 0.604. The third-order valence-corrected chi connectivity index (χ3v) is 4.77. The van der Waals surface area contributed by atoms with Gasteiger partial charge in [-0.1, -0.05) is 67.1 Å². The highest BCUT2D eigenvalue weighted by Gasteiger charge is 2.34. The zero-order chi connectivity index (χ0) is 18.7. The smallest absolute Gasteiger partial charge is 0.180 e. The number of nitrogens with two attached hydrogens (primary N) is 1. The molecule has 1 aliphatic heterocycles. The molecule has 0 spiro atoms. The van der Waals surface area contributed by atoms with Crippen molar-refractivity contribution < 1.29 is 0 Å². The van der Waals surface area contributed by atoms with E-state index in [-0.39, 0.29) is 0 Å². The zero-order valence-corrected chi connectivity index (χ0v) is 15.2. The number of tetrazole rings is 1. The Morgan fingerprint density at radius 1 is 1.11 bits per heavy atom. The van der Waals surface area contributed by atoms with Crippen molar-refractivity contribution in [2.45, 2.75) is 25.4 Å². The van der Waals surface area contributed by atoms with Crippen LogP contribution < -0.4 is 5.73 Å². The molecule has 0 saturated heterocycles. The van der Waals surface area contributed by atoms with Crippen molar-refractivity contribution in [3.8, 4) is 22.5 Å². The Balaban J connectivity index is 1.59. The lowest BCUT2D eigenvalue weighted by molar-refractivity contribution is 0.277. The van der Waals surface area contributed by atoms with Crippen molar-refractivity contribution in [2.75, 3.05) is 13.1 Å². The van der Waals surface area contributed by atoms with Crippen molar-refractivity contribution in [1.82, 2.24) is 25.6 Å². The lowest BCUT2D eigenvalue weighted by Crippen LogP contribution is -2.40. The Bertz CT molecular complexity index is 919. The molecule has 2 aromatic carbocycles. The number of aromatic nitrogens is 4. The highest BCUT2D eigenvalue weighted by Crippen LogP contribution is 2.32. The van der Waals surface area contributed by atoms with Crippen LogP contribution in [0.5, 0.6) is 0 Å². The molecule has 8 nitrogen and oxygen atoms in total. The molecule has 1 unspecified atom stereocenters. The highest BCUT2D eigenvalue weighted by atomic mass is 15.6. The number of hydrogen-bond donors (Lipinski definition) is 2. The molecular formula is C19H22N8. The van der Waals surface area contributed by atoms with Gasteiger partial charge in [0.15, 0.2) is 11.5 Å². The van der Waals surface area contributed by atoms with E-state index in [1.165, 1.54) is 0 Å². The summed E-state index contributed by atoms with van der Waals surface area (Å²) in [6, 6.07) is 16.2. The minimum Gasteiger partial charge on any atom is -0.300 e. The molecule has 8 heteroatoms. The van der Waals surface area contributed by atoms with Crippen LogP contribution >= 0.6 is 0 Å². The quantitative estimate of drug-likeness (QED) is 0.700. The maximum absolute atomic E-state index is 6.50. The molecule has 3 aromatic rings. The number of hydrogen-bond acceptors (Lipinski definition) is 7. The van der Waals surface area contributed by atoms with Gasteiger partial charge >= 0.3 is 0 Å². The second-order valence-electron chi connectivity index (χ2n) is 6.73. The van der Waals surface area contributed by atoms with Gasteiger partial charge in [-0.3, -0.25) is 5.01 Å². The van der Waals surface area contributed by atoms with Crippen LogP contribution in [0.25, 0.3) is 22.5 Å². The summed E-state index contributed by atoms with van der Waals surface area (Å²) >= 11 is 0. The number of aromatic amines is 1. The number of nitrogens with zero attached hydrogens (tertiary/aromatic N) is 6. The normalized spacial score (nSPS) is 19.0. The van der Waals surface area contributed by atoms with Crippen LogP contribution in [0.15, 0.2) is 58.9 Å². The molecule has 4 rings (SSSR count). The van der Waals surface area contributed by atoms with Crippen molar-refractivity contribution in [1.29, 1.82) is 0 Å². The summed E-state index contributed by atoms with van der Waals surface area (Å²) in [5, 5.41) is 24.7. The number of unbranched alkanes of at least 4 members (excludes halogenated alkanes) is 1. The summed E-state index contributed by atoms with van der Waals surface area (Å²) in [4.78, 5) is 0. The summed E-state index contributed by atoms with van der Waals surface area (Å²) in [7, 11) is 0. The van der Waals surface area contributed by atoms with E-state index in [2.05, 4.69) is 50.0 Å². The molecule has 1 aliphatic rings. The van der Waals surface area contributed by atoms with Gasteiger partial charge in [0, 0.05) is 12.1 Å². The van der Waals surface area contributed by atoms with Crippen molar-refractivity contribution >= 4 is 0 Å². The van der Waals surface area contributed by atoms with Crippen LogP contribution in [0.1, 0.15) is 25.3 Å². The first kappa shape index (κ1) is 17.3. The summed E-state index contributed by atoms with van der Waals surface area (Å²) in [6.45, 7) is 3.65. The van der Waals surface area contributed by atoms with Gasteiger partial charge in [-0.2, -0.15) is 0 Å². The predicted molar refractivity (Wildman–Crippen MR) is 102 cm³/mol. The summed E-state index contributed by atoms with van der Waals surface area (Å²) in [5.41, 5.74) is 9.72. The Morgan fingerprint density at radius 3 is 2.59 bits per heavy atom. The fraction of sp³-hybridized carbons (Fsp3) is 0.316. The van der Waals surface area contributed by atoms with E-state index in [9.17, 15) is 0 Å². The van der Waals surface area contributed by atoms with Crippen LogP contribution in [0.3, 0.4) is 0 Å². The van der Waals surface area contributed by atoms with E-state index in [1.54, 1.807) is 0 Å². The van der Waals surface area contributed by atoms with Gasteiger partial charge in [0.2, 0.25) is 0 Å². The second-order valence-corrected chi connectivity index (χ2v) is 6.73. The van der Waals surface area contributed by atoms with Gasteiger partial charge in [0.1, 0.15) is 0 Å². The average Bonchev–Trinajstić information content (AvgIpc) is 3.37. The van der Waals surface area contributed by atoms with E-state index in [1.807, 2.05) is 41.4 Å². The third-order valence-electron chi connectivity index (χ3n) is 4.77. The standard InChI is InChI=1S/C19H22N8/c1-2-3-12-27-13-19(20,23-26-27)15-10-8-14(9-11-15)16-6-4-5-7-17(16)18-21-24-25-22-18/h4-11H,2-3,12-13,20H2,1H3,(H,21,22,24,25). The van der Waals surface area contributed by atoms with E-state index in [4.69, 9.17) is 5.73 Å². The van der Waals surface area contributed by atoms with E-state index in [0.717, 1.165) is 41.6 Å². The Kier molecular flexibility index (Phi) is 4.64. The molecule has 3 N–H and O–H groups in total. The van der Waals surface area contributed by atoms with E-state index < -0.39 is 5.66 Å². The first-order valence-corrected chi connectivity index (χ1v) is 9.10. The molecular weight excluding hydrogens is 340 g/mol. The van der Waals surface area contributed by atoms with Crippen molar-refractivity contribution in [2.24, 2.45) is 16.1 Å². The van der Waals surface area contributed by atoms with E-state index >= 15 is 0 Å². The molecule has 1 aromatic heterocycles. The van der Waals surface area contributed by atoms with Crippen LogP contribution in [0.2, 0.25) is 0 Å². The van der Waals surface area contributed by atoms with Gasteiger partial charge < -0.3 is 5.73 Å². The number of nitrogens with one attached hydrogen (secondary N) is 1. The number of rotatable bonds is 6. The molecule has 1 atom stereocenters. The molecule has 0 saturated carbocycles. The van der Waals surface area contributed by atoms with Crippen LogP contribution in [0, 0.1) is 0 Å². The van der Waals surface area contributed by atoms with Gasteiger partial charge in [0.05, 0.1) is 6.54 Å². The van der Waals surface area contributed by atoms with Crippen molar-refractivity contribution in [3.05, 3.63) is 54.1 Å². The number of benzene rings is 2. The van der Waals surface area contributed by atoms with Gasteiger partial charge in [-0.15, -0.1) is 10.2 Å². The molecule has 0 aliphatic carbocycles. The summed E-state index contributed by atoms with van der Waals surface area (Å²) in [6.07, 6.45) is 2.21. The van der Waals surface area contributed by atoms with Crippen LogP contribution in [-0.2, 0) is 5.66 Å². The molecule has 0 fully saturated rings. The zero-order valence-electron chi connectivity index (χ0n) is 15.2. The molecule has 2 heterocycles. The topological polar surface area (TPSA) is 108 Å². The van der Waals surface area contributed by atoms with Gasteiger partial charge in [0.25, 0.3) is 0 Å². The third kappa shape index (κ3) is 3.43. The Hall–Kier alpha value is -3.13. The van der Waals surface area contributed by atoms with Crippen LogP contribution in [-0.4, -0.2) is 38.7 Å². The summed E-state index contributed by atoms with van der Waals surface area (Å²) in [5.74, 6) is 0.640. The predicted octanol–water partition coefficient (Wildman–Crippen LogP) is 3.13. The van der Waals surface area contributed by atoms with E-state index in [0.29, 0.717) is 12.4 Å². The Morgan fingerprint density at radius 2 is 1.89 bits per heavy atom. The van der Waals surface area contributed by atoms with Crippen LogP contribution in [0.4, 0.5) is 0 Å². The SMILES string of the molecule is CCCCN1CC(N)(c2ccc(-c3ccccc3-c3nnn[nH]3)cc2)N=N1. The first-order chi connectivity index (χ1) is 13.2. The fourth-order valence-electron chi connectivity index (χ4n) is 3.25. The largest absolute Gasteiger partial charge is 0.300 e. The monoisotopic (exact) mass is 362 g/mol. The molecule has 138 valence electrons. The Labute approximate surface area is 157 Å². The minimum atomic E-state index is -0.791. The fourth-order valence-corrected chi connectivity index (χ4v) is 3.25. The molecule has 0 bridgehead atoms. The lowest BCUT2D eigenvalue weighted by Gasteiger charge is -2.22. The maximum atomic E-state index is 6.50. The summed E-state index contributed by atoms with van der Waals surface area (Å²) < 4.78 is 0. The first-order valence-electron chi connectivity index (χ1n) is 9.10. The van der Waals surface area contributed by atoms with Gasteiger partial charge in [-0.05, 0) is 33.5 Å². The second kappa shape index (κ2) is 7.24. The molecule has 0 amide bonds. The van der Waals surface area contributed by atoms with Gasteiger partial charge in [-0.25, -0.2) is 5.10 Å². The lowest BCUT2D eigenvalue weighted by atomic mass is 9.95. The highest BCUT2D eigenvalue weighted by molar-refractivity contribution is 5.80.